The van der Waals surface area contributed by atoms with E-state index in [-0.39, 0.29) is 5.91 Å². The summed E-state index contributed by atoms with van der Waals surface area (Å²) in [5.74, 6) is 0.495. The fourth-order valence-corrected chi connectivity index (χ4v) is 2.67. The highest BCUT2D eigenvalue weighted by Crippen LogP contribution is 2.22. The van der Waals surface area contributed by atoms with Crippen molar-refractivity contribution in [2.75, 3.05) is 6.54 Å². The predicted octanol–water partition coefficient (Wildman–Crippen LogP) is 0.976. The Kier molecular flexibility index (Phi) is 4.01. The van der Waals surface area contributed by atoms with Gasteiger partial charge < -0.3 is 11.1 Å². The molecule has 3 N–H and O–H groups in total. The topological polar surface area (TPSA) is 72.9 Å². The fraction of sp³-hybridized carbons (Fsp3) is 0.692. The number of aryl methyl sites for hydroxylation is 2. The van der Waals surface area contributed by atoms with Crippen LogP contribution < -0.4 is 11.1 Å². The lowest BCUT2D eigenvalue weighted by Gasteiger charge is -2.26. The average Bonchev–Trinajstić information content (AvgIpc) is 2.66. The summed E-state index contributed by atoms with van der Waals surface area (Å²) in [6.07, 6.45) is 6.24. The van der Waals surface area contributed by atoms with Crippen LogP contribution in [0.3, 0.4) is 0 Å². The summed E-state index contributed by atoms with van der Waals surface area (Å²) in [6, 6.07) is 0.306. The van der Waals surface area contributed by atoms with Gasteiger partial charge in [0, 0.05) is 25.8 Å². The van der Waals surface area contributed by atoms with Crippen LogP contribution in [0.2, 0.25) is 0 Å². The standard InChI is InChI=1S/C13H22N4O/c1-9-12(8-17(2)16-9)13(18)15-7-10-4-3-5-11(14)6-10/h8,10-11H,3-7,14H2,1-2H3,(H,15,18). The van der Waals surface area contributed by atoms with Gasteiger partial charge in [0.1, 0.15) is 0 Å². The lowest BCUT2D eigenvalue weighted by Crippen LogP contribution is -2.35. The number of hydrogen-bond acceptors (Lipinski definition) is 3. The summed E-state index contributed by atoms with van der Waals surface area (Å²) in [7, 11) is 1.82. The first kappa shape index (κ1) is 13.1. The van der Waals surface area contributed by atoms with Crippen LogP contribution in [-0.2, 0) is 7.05 Å². The molecule has 2 rings (SSSR count). The van der Waals surface area contributed by atoms with Crippen LogP contribution in [0.15, 0.2) is 6.20 Å². The first-order valence-electron chi connectivity index (χ1n) is 6.60. The van der Waals surface area contributed by atoms with Crippen molar-refractivity contribution in [1.29, 1.82) is 0 Å². The summed E-state index contributed by atoms with van der Waals surface area (Å²) in [6.45, 7) is 2.58. The number of carbonyl (C=O) groups excluding carboxylic acids is 1. The van der Waals surface area contributed by atoms with E-state index in [9.17, 15) is 4.79 Å². The Morgan fingerprint density at radius 1 is 1.61 bits per heavy atom. The molecule has 1 fully saturated rings. The first-order chi connectivity index (χ1) is 8.56. The van der Waals surface area contributed by atoms with Gasteiger partial charge in [0.15, 0.2) is 0 Å². The van der Waals surface area contributed by atoms with Gasteiger partial charge in [-0.15, -0.1) is 0 Å². The van der Waals surface area contributed by atoms with Gasteiger partial charge in [-0.2, -0.15) is 5.10 Å². The van der Waals surface area contributed by atoms with E-state index in [1.165, 1.54) is 12.8 Å². The molecule has 0 radical (unpaired) electrons. The molecule has 5 heteroatoms. The molecule has 18 heavy (non-hydrogen) atoms. The molecule has 0 aromatic carbocycles. The van der Waals surface area contributed by atoms with E-state index in [2.05, 4.69) is 10.4 Å². The molecule has 1 amide bonds. The van der Waals surface area contributed by atoms with Crippen molar-refractivity contribution in [3.63, 3.8) is 0 Å². The van der Waals surface area contributed by atoms with Crippen LogP contribution in [0.1, 0.15) is 41.7 Å². The lowest BCUT2D eigenvalue weighted by molar-refractivity contribution is 0.0942. The Hall–Kier alpha value is -1.36. The highest BCUT2D eigenvalue weighted by Gasteiger charge is 2.20. The summed E-state index contributed by atoms with van der Waals surface area (Å²) in [5, 5.41) is 7.17. The van der Waals surface area contributed by atoms with E-state index in [0.29, 0.717) is 17.5 Å². The minimum Gasteiger partial charge on any atom is -0.352 e. The molecule has 1 aromatic rings. The lowest BCUT2D eigenvalue weighted by atomic mass is 9.86. The number of nitrogens with one attached hydrogen (secondary N) is 1. The van der Waals surface area contributed by atoms with Gasteiger partial charge in [-0.25, -0.2) is 0 Å². The van der Waals surface area contributed by atoms with E-state index in [1.54, 1.807) is 10.9 Å². The van der Waals surface area contributed by atoms with Gasteiger partial charge in [0.25, 0.3) is 5.91 Å². The minimum absolute atomic E-state index is 0.0280. The summed E-state index contributed by atoms with van der Waals surface area (Å²) in [5.41, 5.74) is 7.38. The van der Waals surface area contributed by atoms with Crippen LogP contribution in [0.25, 0.3) is 0 Å². The molecule has 1 saturated carbocycles. The fourth-order valence-electron chi connectivity index (χ4n) is 2.67. The van der Waals surface area contributed by atoms with E-state index in [0.717, 1.165) is 25.1 Å². The van der Waals surface area contributed by atoms with E-state index >= 15 is 0 Å². The van der Waals surface area contributed by atoms with Crippen LogP contribution in [0.4, 0.5) is 0 Å². The average molecular weight is 250 g/mol. The van der Waals surface area contributed by atoms with Crippen molar-refractivity contribution in [3.05, 3.63) is 17.5 Å². The molecule has 1 aliphatic rings. The number of rotatable bonds is 3. The molecule has 0 saturated heterocycles. The summed E-state index contributed by atoms with van der Waals surface area (Å²) < 4.78 is 1.67. The predicted molar refractivity (Wildman–Crippen MR) is 70.2 cm³/mol. The molecule has 1 heterocycles. The van der Waals surface area contributed by atoms with E-state index in [4.69, 9.17) is 5.73 Å². The molecule has 5 nitrogen and oxygen atoms in total. The second-order valence-corrected chi connectivity index (χ2v) is 5.30. The van der Waals surface area contributed by atoms with Gasteiger partial charge in [-0.1, -0.05) is 6.42 Å². The second-order valence-electron chi connectivity index (χ2n) is 5.30. The Balaban J connectivity index is 1.86. The monoisotopic (exact) mass is 250 g/mol. The molecule has 2 atom stereocenters. The summed E-state index contributed by atoms with van der Waals surface area (Å²) in [4.78, 5) is 12.0. The highest BCUT2D eigenvalue weighted by molar-refractivity contribution is 5.94. The van der Waals surface area contributed by atoms with Crippen LogP contribution in [-0.4, -0.2) is 28.3 Å². The molecule has 1 aliphatic carbocycles. The molecule has 0 spiro atoms. The number of amides is 1. The highest BCUT2D eigenvalue weighted by atomic mass is 16.1. The SMILES string of the molecule is Cc1nn(C)cc1C(=O)NCC1CCCC(N)C1. The third kappa shape index (κ3) is 3.10. The smallest absolute Gasteiger partial charge is 0.254 e. The zero-order valence-electron chi connectivity index (χ0n) is 11.1. The molecule has 0 bridgehead atoms. The van der Waals surface area contributed by atoms with Gasteiger partial charge >= 0.3 is 0 Å². The number of aromatic nitrogens is 2. The quantitative estimate of drug-likeness (QED) is 0.839. The number of carbonyl (C=O) groups is 1. The van der Waals surface area contributed by atoms with Crippen molar-refractivity contribution in [1.82, 2.24) is 15.1 Å². The van der Waals surface area contributed by atoms with Crippen LogP contribution >= 0.6 is 0 Å². The maximum absolute atomic E-state index is 12.0. The van der Waals surface area contributed by atoms with E-state index < -0.39 is 0 Å². The molecular weight excluding hydrogens is 228 g/mol. The Morgan fingerprint density at radius 2 is 2.39 bits per heavy atom. The third-order valence-electron chi connectivity index (χ3n) is 3.63. The Morgan fingerprint density at radius 3 is 3.00 bits per heavy atom. The van der Waals surface area contributed by atoms with Crippen molar-refractivity contribution in [2.24, 2.45) is 18.7 Å². The number of hydrogen-bond donors (Lipinski definition) is 2. The van der Waals surface area contributed by atoms with Crippen molar-refractivity contribution < 1.29 is 4.79 Å². The maximum Gasteiger partial charge on any atom is 0.254 e. The third-order valence-corrected chi connectivity index (χ3v) is 3.63. The molecule has 1 aromatic heterocycles. The van der Waals surface area contributed by atoms with E-state index in [1.807, 2.05) is 14.0 Å². The van der Waals surface area contributed by atoms with Crippen molar-refractivity contribution in [3.8, 4) is 0 Å². The van der Waals surface area contributed by atoms with Crippen LogP contribution in [0, 0.1) is 12.8 Å². The van der Waals surface area contributed by atoms with Crippen LogP contribution in [0.5, 0.6) is 0 Å². The zero-order valence-corrected chi connectivity index (χ0v) is 11.1. The summed E-state index contributed by atoms with van der Waals surface area (Å²) >= 11 is 0. The maximum atomic E-state index is 12.0. The zero-order chi connectivity index (χ0) is 13.1. The van der Waals surface area contributed by atoms with Gasteiger partial charge in [-0.05, 0) is 32.1 Å². The molecule has 2 unspecified atom stereocenters. The molecular formula is C13H22N4O. The Labute approximate surface area is 108 Å². The van der Waals surface area contributed by atoms with Crippen molar-refractivity contribution in [2.45, 2.75) is 38.6 Å². The number of nitrogens with two attached hydrogens (primary N) is 1. The largest absolute Gasteiger partial charge is 0.352 e. The first-order valence-corrected chi connectivity index (χ1v) is 6.60. The normalized spacial score (nSPS) is 23.9. The van der Waals surface area contributed by atoms with Gasteiger partial charge in [0.05, 0.1) is 11.3 Å². The number of nitrogens with zero attached hydrogens (tertiary/aromatic N) is 2. The van der Waals surface area contributed by atoms with Crippen molar-refractivity contribution >= 4 is 5.91 Å². The van der Waals surface area contributed by atoms with Gasteiger partial charge in [0.2, 0.25) is 0 Å². The van der Waals surface area contributed by atoms with Gasteiger partial charge in [-0.3, -0.25) is 9.48 Å². The Bertz CT molecular complexity index is 427. The second kappa shape index (κ2) is 5.52. The molecule has 0 aliphatic heterocycles. The minimum atomic E-state index is -0.0280. The molecule has 100 valence electrons.